The molecular formula is C30H45O3P. The van der Waals surface area contributed by atoms with Crippen LogP contribution in [-0.4, -0.2) is 19.7 Å². The second kappa shape index (κ2) is 11.4. The number of rotatable bonds is 10. The van der Waals surface area contributed by atoms with E-state index in [4.69, 9.17) is 9.47 Å². The minimum absolute atomic E-state index is 0.000601. The molecule has 0 aliphatic carbocycles. The van der Waals surface area contributed by atoms with E-state index in [0.29, 0.717) is 8.58 Å². The quantitative estimate of drug-likeness (QED) is 0.195. The molecule has 3 nitrogen and oxygen atoms in total. The highest BCUT2D eigenvalue weighted by Gasteiger charge is 2.35. The van der Waals surface area contributed by atoms with Crippen LogP contribution in [0.5, 0.6) is 5.75 Å². The van der Waals surface area contributed by atoms with Crippen LogP contribution in [0.15, 0.2) is 36.4 Å². The molecule has 2 unspecified atom stereocenters. The van der Waals surface area contributed by atoms with Crippen LogP contribution < -0.4 is 10.0 Å². The van der Waals surface area contributed by atoms with Crippen molar-refractivity contribution in [3.8, 4) is 5.75 Å². The number of methoxy groups -OCH3 is 1. The average molecular weight is 485 g/mol. The zero-order valence-corrected chi connectivity index (χ0v) is 24.0. The maximum absolute atomic E-state index is 12.4. The number of ketones is 1. The van der Waals surface area contributed by atoms with Gasteiger partial charge in [0.25, 0.3) is 0 Å². The van der Waals surface area contributed by atoms with Gasteiger partial charge in [0.05, 0.1) is 0 Å². The number of hydrogen-bond acceptors (Lipinski definition) is 3. The molecule has 2 aromatic carbocycles. The Labute approximate surface area is 209 Å². The summed E-state index contributed by atoms with van der Waals surface area (Å²) in [6.07, 6.45) is 3.25. The summed E-state index contributed by atoms with van der Waals surface area (Å²) < 4.78 is 11.7. The Morgan fingerprint density at radius 1 is 0.941 bits per heavy atom. The predicted molar refractivity (Wildman–Crippen MR) is 148 cm³/mol. The Morgan fingerprint density at radius 3 is 2.09 bits per heavy atom. The number of ether oxygens (including phenoxy) is 2. The van der Waals surface area contributed by atoms with E-state index in [9.17, 15) is 4.79 Å². The van der Waals surface area contributed by atoms with Crippen molar-refractivity contribution in [1.29, 1.82) is 0 Å². The highest BCUT2D eigenvalue weighted by molar-refractivity contribution is 7.48. The second-order valence-corrected chi connectivity index (χ2v) is 13.5. The van der Waals surface area contributed by atoms with Crippen molar-refractivity contribution >= 4 is 19.7 Å². The summed E-state index contributed by atoms with van der Waals surface area (Å²) in [7, 11) is 2.11. The molecule has 0 amide bonds. The number of Topliss-reactive ketones (excluding diaryl/α,β-unsaturated/α-hetero) is 1. The lowest BCUT2D eigenvalue weighted by Crippen LogP contribution is -2.27. The van der Waals surface area contributed by atoms with Crippen molar-refractivity contribution in [3.63, 3.8) is 0 Å². The second-order valence-electron chi connectivity index (χ2n) is 11.6. The Kier molecular flexibility index (Phi) is 9.53. The minimum atomic E-state index is -0.175. The number of benzene rings is 2. The van der Waals surface area contributed by atoms with Crippen LogP contribution in [0.3, 0.4) is 0 Å². The fourth-order valence-electron chi connectivity index (χ4n) is 4.29. The number of carbonyl (C=O) groups excluding carboxylic acids is 1. The lowest BCUT2D eigenvalue weighted by Gasteiger charge is -2.37. The van der Waals surface area contributed by atoms with Crippen molar-refractivity contribution in [1.82, 2.24) is 0 Å². The largest absolute Gasteiger partial charge is 0.467 e. The molecule has 0 saturated carbocycles. The topological polar surface area (TPSA) is 35.5 Å². The first-order valence-electron chi connectivity index (χ1n) is 12.4. The Bertz CT molecular complexity index is 982. The summed E-state index contributed by atoms with van der Waals surface area (Å²) in [4.78, 5) is 12.4. The van der Waals surface area contributed by atoms with Gasteiger partial charge in [-0.3, -0.25) is 4.79 Å². The first kappa shape index (κ1) is 28.5. The number of unbranched alkanes of at least 4 members (excludes halogenated alkanes) is 1. The molecule has 0 spiro atoms. The SMILES string of the molecule is CCCCC(C)(Pc1ccccc1C(C)=O)c1cc(C(C)(C)C)cc(C(C)(C)C)c1OCOC. The molecule has 0 N–H and O–H groups in total. The van der Waals surface area contributed by atoms with Gasteiger partial charge in [0.15, 0.2) is 12.6 Å². The first-order valence-corrected chi connectivity index (χ1v) is 13.4. The molecule has 2 rings (SSSR count). The van der Waals surface area contributed by atoms with Crippen molar-refractivity contribution in [2.24, 2.45) is 0 Å². The van der Waals surface area contributed by atoms with Gasteiger partial charge in [0, 0.05) is 29.0 Å². The molecule has 0 bridgehead atoms. The highest BCUT2D eigenvalue weighted by atomic mass is 31.1. The molecule has 2 atom stereocenters. The third kappa shape index (κ3) is 6.92. The van der Waals surface area contributed by atoms with Gasteiger partial charge in [-0.05, 0) is 35.0 Å². The van der Waals surface area contributed by atoms with Crippen molar-refractivity contribution in [2.45, 2.75) is 97.6 Å². The van der Waals surface area contributed by atoms with E-state index in [1.165, 1.54) is 16.7 Å². The fraction of sp³-hybridized carbons (Fsp3) is 0.567. The van der Waals surface area contributed by atoms with E-state index in [1.54, 1.807) is 14.0 Å². The Hall–Kier alpha value is -1.70. The van der Waals surface area contributed by atoms with Crippen molar-refractivity contribution < 1.29 is 14.3 Å². The van der Waals surface area contributed by atoms with Gasteiger partial charge < -0.3 is 9.47 Å². The van der Waals surface area contributed by atoms with E-state index >= 15 is 0 Å². The van der Waals surface area contributed by atoms with Crippen molar-refractivity contribution in [2.75, 3.05) is 13.9 Å². The molecule has 0 aliphatic heterocycles. The van der Waals surface area contributed by atoms with Crippen LogP contribution in [0.2, 0.25) is 0 Å². The minimum Gasteiger partial charge on any atom is -0.467 e. The molecule has 0 fully saturated rings. The Morgan fingerprint density at radius 2 is 1.56 bits per heavy atom. The van der Waals surface area contributed by atoms with Crippen molar-refractivity contribution in [3.05, 3.63) is 58.7 Å². The van der Waals surface area contributed by atoms with Crippen LogP contribution in [0, 0.1) is 0 Å². The standard InChI is InChI=1S/C30H45O3P/c1-11-12-17-30(9,34-26-16-14-13-15-23(26)21(2)31)25-19-22(28(3,4)5)18-24(29(6,7)8)27(25)33-20-32-10/h13-16,18-19,34H,11-12,17,20H2,1-10H3. The number of carbonyl (C=O) groups is 1. The van der Waals surface area contributed by atoms with Gasteiger partial charge in [-0.2, -0.15) is 0 Å². The lowest BCUT2D eigenvalue weighted by molar-refractivity contribution is 0.0486. The highest BCUT2D eigenvalue weighted by Crippen LogP contribution is 2.52. The maximum Gasteiger partial charge on any atom is 0.188 e. The Balaban J connectivity index is 2.86. The zero-order chi connectivity index (χ0) is 25.7. The molecule has 34 heavy (non-hydrogen) atoms. The summed E-state index contributed by atoms with van der Waals surface area (Å²) in [5, 5.41) is 0.955. The van der Waals surface area contributed by atoms with E-state index in [0.717, 1.165) is 35.9 Å². The van der Waals surface area contributed by atoms with Gasteiger partial charge in [0.1, 0.15) is 5.75 Å². The molecule has 0 saturated heterocycles. The van der Waals surface area contributed by atoms with Gasteiger partial charge in [-0.25, -0.2) is 0 Å². The summed E-state index contributed by atoms with van der Waals surface area (Å²) in [5.74, 6) is 1.06. The summed E-state index contributed by atoms with van der Waals surface area (Å²) in [6, 6.07) is 12.8. The van der Waals surface area contributed by atoms with Crippen LogP contribution in [0.4, 0.5) is 0 Å². The van der Waals surface area contributed by atoms with Gasteiger partial charge in [-0.15, -0.1) is 0 Å². The summed E-state index contributed by atoms with van der Waals surface area (Å²) in [6.45, 7) is 20.0. The predicted octanol–water partition coefficient (Wildman–Crippen LogP) is 7.88. The lowest BCUT2D eigenvalue weighted by atomic mass is 9.76. The molecule has 188 valence electrons. The number of hydrogen-bond donors (Lipinski definition) is 0. The third-order valence-electron chi connectivity index (χ3n) is 6.43. The molecule has 4 heteroatoms. The average Bonchev–Trinajstić information content (AvgIpc) is 2.74. The van der Waals surface area contributed by atoms with E-state index in [1.807, 2.05) is 18.2 Å². The third-order valence-corrected chi connectivity index (χ3v) is 8.20. The van der Waals surface area contributed by atoms with Crippen LogP contribution in [0.1, 0.15) is 109 Å². The monoisotopic (exact) mass is 484 g/mol. The molecule has 2 aromatic rings. The fourth-order valence-corrected chi connectivity index (χ4v) is 6.08. The van der Waals surface area contributed by atoms with Gasteiger partial charge >= 0.3 is 0 Å². The first-order chi connectivity index (χ1) is 15.7. The normalized spacial score (nSPS) is 14.4. The maximum atomic E-state index is 12.4. The zero-order valence-electron chi connectivity index (χ0n) is 23.0. The van der Waals surface area contributed by atoms with Gasteiger partial charge in [0.2, 0.25) is 0 Å². The van der Waals surface area contributed by atoms with E-state index in [-0.39, 0.29) is 28.6 Å². The summed E-state index contributed by atoms with van der Waals surface area (Å²) in [5.41, 5.74) is 4.48. The van der Waals surface area contributed by atoms with Crippen LogP contribution in [0.25, 0.3) is 0 Å². The summed E-state index contributed by atoms with van der Waals surface area (Å²) >= 11 is 0. The van der Waals surface area contributed by atoms with Gasteiger partial charge in [-0.1, -0.05) is 113 Å². The van der Waals surface area contributed by atoms with Crippen LogP contribution in [-0.2, 0) is 20.7 Å². The van der Waals surface area contributed by atoms with Crippen LogP contribution >= 0.6 is 8.58 Å². The molecule has 0 radical (unpaired) electrons. The molecule has 0 aromatic heterocycles. The molecule has 0 aliphatic rings. The molecular weight excluding hydrogens is 439 g/mol. The molecule has 0 heterocycles. The smallest absolute Gasteiger partial charge is 0.188 e. The van der Waals surface area contributed by atoms with E-state index in [2.05, 4.69) is 73.6 Å². The van der Waals surface area contributed by atoms with E-state index < -0.39 is 0 Å².